The summed E-state index contributed by atoms with van der Waals surface area (Å²) in [5.41, 5.74) is -0.821. The van der Waals surface area contributed by atoms with Gasteiger partial charge in [0.1, 0.15) is 0 Å². The number of nitrogens with one attached hydrogen (secondary N) is 1. The minimum atomic E-state index is -1.81. The number of ether oxygens (including phenoxy) is 1. The maximum Gasteiger partial charge on any atom is 0.179 e. The molecule has 0 spiro atoms. The lowest BCUT2D eigenvalue weighted by atomic mass is 9.76. The first-order chi connectivity index (χ1) is 10.7. The van der Waals surface area contributed by atoms with E-state index < -0.39 is 11.6 Å². The van der Waals surface area contributed by atoms with Crippen LogP contribution in [0.3, 0.4) is 0 Å². The zero-order valence-electron chi connectivity index (χ0n) is 12.3. The summed E-state index contributed by atoms with van der Waals surface area (Å²) < 4.78 is 21.5. The third-order valence-electron chi connectivity index (χ3n) is 4.33. The summed E-state index contributed by atoms with van der Waals surface area (Å²) in [6.07, 6.45) is 6.02. The lowest BCUT2D eigenvalue weighted by Crippen LogP contribution is -2.40. The van der Waals surface area contributed by atoms with Gasteiger partial charge in [-0.3, -0.25) is 0 Å². The van der Waals surface area contributed by atoms with Gasteiger partial charge >= 0.3 is 0 Å². The highest BCUT2D eigenvalue weighted by Gasteiger charge is 2.45. The summed E-state index contributed by atoms with van der Waals surface area (Å²) in [5.74, 6) is -0.497. The van der Waals surface area contributed by atoms with E-state index in [2.05, 4.69) is 5.32 Å². The van der Waals surface area contributed by atoms with Crippen molar-refractivity contribution in [3.8, 4) is 6.07 Å². The van der Waals surface area contributed by atoms with Gasteiger partial charge in [-0.1, -0.05) is 42.5 Å². The Morgan fingerprint density at radius 1 is 1.36 bits per heavy atom. The van der Waals surface area contributed by atoms with Gasteiger partial charge < -0.3 is 10.1 Å². The van der Waals surface area contributed by atoms with Gasteiger partial charge in [-0.2, -0.15) is 5.26 Å². The molecule has 1 N–H and O–H groups in total. The SMILES string of the molecule is N#CC1=CC=CC(c2ccccc2)C1(F)COC1CCNC1. The lowest BCUT2D eigenvalue weighted by molar-refractivity contribution is -0.00833. The highest BCUT2D eigenvalue weighted by molar-refractivity contribution is 5.46. The van der Waals surface area contributed by atoms with Crippen LogP contribution in [0.1, 0.15) is 17.9 Å². The van der Waals surface area contributed by atoms with Crippen molar-refractivity contribution in [2.45, 2.75) is 24.1 Å². The van der Waals surface area contributed by atoms with Crippen LogP contribution in [0.2, 0.25) is 0 Å². The van der Waals surface area contributed by atoms with Crippen LogP contribution in [0.15, 0.2) is 54.1 Å². The van der Waals surface area contributed by atoms with E-state index in [-0.39, 0.29) is 18.3 Å². The molecule has 22 heavy (non-hydrogen) atoms. The van der Waals surface area contributed by atoms with Gasteiger partial charge in [0.05, 0.1) is 24.4 Å². The van der Waals surface area contributed by atoms with Crippen molar-refractivity contribution < 1.29 is 9.13 Å². The van der Waals surface area contributed by atoms with E-state index in [1.54, 1.807) is 12.2 Å². The van der Waals surface area contributed by atoms with Crippen LogP contribution in [-0.4, -0.2) is 31.5 Å². The van der Waals surface area contributed by atoms with Crippen molar-refractivity contribution >= 4 is 0 Å². The molecular formula is C18H19FN2O. The Labute approximate surface area is 130 Å². The van der Waals surface area contributed by atoms with E-state index in [4.69, 9.17) is 4.74 Å². The molecule has 1 aromatic carbocycles. The van der Waals surface area contributed by atoms with Crippen molar-refractivity contribution in [3.05, 3.63) is 59.7 Å². The summed E-state index contributed by atoms with van der Waals surface area (Å²) in [6.45, 7) is 1.54. The van der Waals surface area contributed by atoms with Gasteiger partial charge in [0, 0.05) is 12.5 Å². The molecule has 1 fully saturated rings. The van der Waals surface area contributed by atoms with Crippen LogP contribution < -0.4 is 5.32 Å². The van der Waals surface area contributed by atoms with Crippen LogP contribution in [0.4, 0.5) is 4.39 Å². The molecule has 0 amide bonds. The monoisotopic (exact) mass is 298 g/mol. The molecule has 0 radical (unpaired) electrons. The number of benzene rings is 1. The lowest BCUT2D eigenvalue weighted by Gasteiger charge is -2.34. The zero-order chi connectivity index (χ0) is 15.4. The van der Waals surface area contributed by atoms with Crippen LogP contribution in [0.25, 0.3) is 0 Å². The van der Waals surface area contributed by atoms with Crippen molar-refractivity contribution in [2.75, 3.05) is 19.7 Å². The Bertz CT molecular complexity index is 614. The fourth-order valence-electron chi connectivity index (χ4n) is 3.06. The van der Waals surface area contributed by atoms with Gasteiger partial charge in [-0.25, -0.2) is 4.39 Å². The Hall–Kier alpha value is -1.96. The molecule has 1 heterocycles. The first-order valence-corrected chi connectivity index (χ1v) is 7.59. The molecular weight excluding hydrogens is 279 g/mol. The highest BCUT2D eigenvalue weighted by Crippen LogP contribution is 2.41. The van der Waals surface area contributed by atoms with E-state index in [1.807, 2.05) is 42.5 Å². The molecule has 4 heteroatoms. The fraction of sp³-hybridized carbons (Fsp3) is 0.389. The van der Waals surface area contributed by atoms with E-state index in [0.717, 1.165) is 25.1 Å². The molecule has 1 aromatic rings. The van der Waals surface area contributed by atoms with Gasteiger partial charge in [-0.05, 0) is 24.6 Å². The molecule has 1 aliphatic heterocycles. The number of hydrogen-bond donors (Lipinski definition) is 1. The highest BCUT2D eigenvalue weighted by atomic mass is 19.1. The average Bonchev–Trinajstić information content (AvgIpc) is 3.07. The van der Waals surface area contributed by atoms with E-state index in [9.17, 15) is 5.26 Å². The van der Waals surface area contributed by atoms with Crippen LogP contribution in [0.5, 0.6) is 0 Å². The van der Waals surface area contributed by atoms with Crippen molar-refractivity contribution in [3.63, 3.8) is 0 Å². The summed E-state index contributed by atoms with van der Waals surface area (Å²) in [4.78, 5) is 0. The van der Waals surface area contributed by atoms with E-state index >= 15 is 4.39 Å². The van der Waals surface area contributed by atoms with Crippen molar-refractivity contribution in [1.29, 1.82) is 5.26 Å². The number of allylic oxidation sites excluding steroid dienone is 3. The zero-order valence-corrected chi connectivity index (χ0v) is 12.3. The van der Waals surface area contributed by atoms with E-state index in [1.165, 1.54) is 0 Å². The maximum atomic E-state index is 15.8. The van der Waals surface area contributed by atoms with Gasteiger partial charge in [0.2, 0.25) is 0 Å². The van der Waals surface area contributed by atoms with Crippen LogP contribution in [-0.2, 0) is 4.74 Å². The molecule has 3 nitrogen and oxygen atoms in total. The first kappa shape index (κ1) is 15.0. The minimum Gasteiger partial charge on any atom is -0.373 e. The molecule has 1 saturated heterocycles. The number of rotatable bonds is 4. The summed E-state index contributed by atoms with van der Waals surface area (Å²) >= 11 is 0. The summed E-state index contributed by atoms with van der Waals surface area (Å²) in [7, 11) is 0. The second-order valence-electron chi connectivity index (χ2n) is 5.75. The Morgan fingerprint density at radius 2 is 2.18 bits per heavy atom. The molecule has 0 bridgehead atoms. The maximum absolute atomic E-state index is 15.8. The normalized spacial score (nSPS) is 30.8. The van der Waals surface area contributed by atoms with Gasteiger partial charge in [-0.15, -0.1) is 0 Å². The van der Waals surface area contributed by atoms with Gasteiger partial charge in [0.15, 0.2) is 5.67 Å². The van der Waals surface area contributed by atoms with E-state index in [0.29, 0.717) is 0 Å². The molecule has 3 atom stereocenters. The quantitative estimate of drug-likeness (QED) is 0.929. The number of alkyl halides is 1. The second-order valence-corrected chi connectivity index (χ2v) is 5.75. The fourth-order valence-corrected chi connectivity index (χ4v) is 3.06. The topological polar surface area (TPSA) is 45.0 Å². The largest absolute Gasteiger partial charge is 0.373 e. The third kappa shape index (κ3) is 2.83. The van der Waals surface area contributed by atoms with Crippen molar-refractivity contribution in [1.82, 2.24) is 5.32 Å². The minimum absolute atomic E-state index is 0.0231. The van der Waals surface area contributed by atoms with Crippen LogP contribution >= 0.6 is 0 Å². The number of halogens is 1. The molecule has 0 saturated carbocycles. The first-order valence-electron chi connectivity index (χ1n) is 7.59. The second kappa shape index (κ2) is 6.43. The molecule has 0 aromatic heterocycles. The number of nitriles is 1. The smallest absolute Gasteiger partial charge is 0.179 e. The van der Waals surface area contributed by atoms with Crippen LogP contribution in [0, 0.1) is 11.3 Å². The average molecular weight is 298 g/mol. The third-order valence-corrected chi connectivity index (χ3v) is 4.33. The Kier molecular flexibility index (Phi) is 4.37. The molecule has 114 valence electrons. The summed E-state index contributed by atoms with van der Waals surface area (Å²) in [6, 6.07) is 11.5. The Morgan fingerprint density at radius 3 is 2.86 bits per heavy atom. The van der Waals surface area contributed by atoms with Crippen molar-refractivity contribution in [2.24, 2.45) is 0 Å². The predicted octanol–water partition coefficient (Wildman–Crippen LogP) is 2.88. The standard InChI is InChI=1S/C18H19FN2O/c19-18(13-22-16-9-10-21-12-16)15(11-20)7-4-8-17(18)14-5-2-1-3-6-14/h1-8,16-17,21H,9-10,12-13H2. The predicted molar refractivity (Wildman–Crippen MR) is 83.1 cm³/mol. The number of hydrogen-bond acceptors (Lipinski definition) is 3. The molecule has 1 aliphatic carbocycles. The molecule has 3 unspecified atom stereocenters. The Balaban J connectivity index is 1.85. The number of nitrogens with zero attached hydrogens (tertiary/aromatic N) is 1. The molecule has 3 rings (SSSR count). The van der Waals surface area contributed by atoms with Gasteiger partial charge in [0.25, 0.3) is 0 Å². The molecule has 2 aliphatic rings. The summed E-state index contributed by atoms with van der Waals surface area (Å²) in [5, 5.41) is 12.5.